The third-order valence-corrected chi connectivity index (χ3v) is 1.57. The van der Waals surface area contributed by atoms with Gasteiger partial charge < -0.3 is 5.11 Å². The number of likely N-dealkylation sites (N-methyl/N-ethyl adjacent to an activating group) is 1. The molecule has 0 aliphatic carbocycles. The van der Waals surface area contributed by atoms with Crippen LogP contribution in [-0.4, -0.2) is 36.1 Å². The van der Waals surface area contributed by atoms with E-state index in [-0.39, 0.29) is 17.8 Å². The molecule has 4 heteroatoms. The van der Waals surface area contributed by atoms with Crippen molar-refractivity contribution in [3.05, 3.63) is 0 Å². The predicted molar refractivity (Wildman–Crippen MR) is 51.8 cm³/mol. The van der Waals surface area contributed by atoms with Gasteiger partial charge in [0.2, 0.25) is 0 Å². The Morgan fingerprint density at radius 3 is 1.67 bits per heavy atom. The van der Waals surface area contributed by atoms with Gasteiger partial charge >= 0.3 is 5.97 Å². The molecule has 0 aliphatic rings. The van der Waals surface area contributed by atoms with Crippen LogP contribution in [0.3, 0.4) is 0 Å². The average molecular weight is 196 g/mol. The summed E-state index contributed by atoms with van der Waals surface area (Å²) in [5, 5.41) is 8.84. The lowest BCUT2D eigenvalue weighted by Gasteiger charge is -2.32. The first-order valence-corrected chi connectivity index (χ1v) is 3.66. The van der Waals surface area contributed by atoms with Gasteiger partial charge in [-0.15, -0.1) is 12.4 Å². The zero-order valence-corrected chi connectivity index (χ0v) is 9.10. The molecule has 0 radical (unpaired) electrons. The van der Waals surface area contributed by atoms with Crippen molar-refractivity contribution in [1.82, 2.24) is 4.90 Å². The van der Waals surface area contributed by atoms with Crippen LogP contribution in [0.1, 0.15) is 20.8 Å². The first-order valence-electron chi connectivity index (χ1n) is 3.66. The molecule has 0 aromatic rings. The highest BCUT2D eigenvalue weighted by Crippen LogP contribution is 2.22. The summed E-state index contributed by atoms with van der Waals surface area (Å²) in [5.41, 5.74) is -0.213. The lowest BCUT2D eigenvalue weighted by molar-refractivity contribution is -0.146. The number of carboxylic acid groups (broad SMARTS) is 1. The average Bonchev–Trinajstić information content (AvgIpc) is 1.54. The molecule has 0 fully saturated rings. The maximum absolute atomic E-state index is 10.7. The van der Waals surface area contributed by atoms with Crippen LogP contribution in [0.4, 0.5) is 0 Å². The molecule has 12 heavy (non-hydrogen) atoms. The Morgan fingerprint density at radius 2 is 1.67 bits per heavy atom. The van der Waals surface area contributed by atoms with Gasteiger partial charge in [0.15, 0.2) is 0 Å². The van der Waals surface area contributed by atoms with E-state index < -0.39 is 12.0 Å². The van der Waals surface area contributed by atoms with Crippen molar-refractivity contribution in [2.24, 2.45) is 5.41 Å². The summed E-state index contributed by atoms with van der Waals surface area (Å²) >= 11 is 0. The number of halogens is 1. The SMILES string of the molecule is CN(C)[C@H](C(=O)O)C(C)(C)C.Cl. The van der Waals surface area contributed by atoms with E-state index in [1.165, 1.54) is 0 Å². The predicted octanol–water partition coefficient (Wildman–Crippen LogP) is 1.47. The highest BCUT2D eigenvalue weighted by Gasteiger charge is 2.32. The molecule has 0 aromatic heterocycles. The third-order valence-electron chi connectivity index (χ3n) is 1.57. The Kier molecular flexibility index (Phi) is 5.55. The second-order valence-corrected chi connectivity index (χ2v) is 4.07. The minimum Gasteiger partial charge on any atom is -0.480 e. The summed E-state index contributed by atoms with van der Waals surface area (Å²) in [6.07, 6.45) is 0. The minimum absolute atomic E-state index is 0. The van der Waals surface area contributed by atoms with Crippen molar-refractivity contribution >= 4 is 18.4 Å². The molecule has 0 bridgehead atoms. The molecule has 0 aliphatic heterocycles. The zero-order chi connectivity index (χ0) is 9.23. The monoisotopic (exact) mass is 195 g/mol. The molecule has 0 rings (SSSR count). The van der Waals surface area contributed by atoms with Gasteiger partial charge in [0, 0.05) is 0 Å². The molecule has 0 amide bonds. The largest absolute Gasteiger partial charge is 0.480 e. The smallest absolute Gasteiger partial charge is 0.321 e. The summed E-state index contributed by atoms with van der Waals surface area (Å²) in [7, 11) is 3.56. The van der Waals surface area contributed by atoms with Crippen LogP contribution in [0.5, 0.6) is 0 Å². The van der Waals surface area contributed by atoms with E-state index in [4.69, 9.17) is 5.11 Å². The van der Waals surface area contributed by atoms with Gasteiger partial charge in [0.25, 0.3) is 0 Å². The van der Waals surface area contributed by atoms with Gasteiger partial charge in [-0.05, 0) is 19.5 Å². The van der Waals surface area contributed by atoms with Crippen LogP contribution in [0, 0.1) is 5.41 Å². The minimum atomic E-state index is -0.762. The lowest BCUT2D eigenvalue weighted by atomic mass is 9.86. The van der Waals surface area contributed by atoms with Crippen LogP contribution >= 0.6 is 12.4 Å². The Labute approximate surface area is 80.2 Å². The molecule has 0 aromatic carbocycles. The fraction of sp³-hybridized carbons (Fsp3) is 0.875. The first kappa shape index (κ1) is 14.3. The number of carboxylic acids is 1. The van der Waals surface area contributed by atoms with E-state index >= 15 is 0 Å². The van der Waals surface area contributed by atoms with Crippen molar-refractivity contribution in [2.75, 3.05) is 14.1 Å². The summed E-state index contributed by atoms with van der Waals surface area (Å²) < 4.78 is 0. The maximum atomic E-state index is 10.7. The number of hydrogen-bond donors (Lipinski definition) is 1. The van der Waals surface area contributed by atoms with Crippen molar-refractivity contribution < 1.29 is 9.90 Å². The quantitative estimate of drug-likeness (QED) is 0.726. The number of hydrogen-bond acceptors (Lipinski definition) is 2. The van der Waals surface area contributed by atoms with E-state index in [1.807, 2.05) is 20.8 Å². The number of aliphatic carboxylic acids is 1. The molecule has 0 unspecified atom stereocenters. The highest BCUT2D eigenvalue weighted by molar-refractivity contribution is 5.85. The van der Waals surface area contributed by atoms with E-state index in [9.17, 15) is 4.79 Å². The Bertz CT molecular complexity index is 152. The second kappa shape index (κ2) is 4.67. The van der Waals surface area contributed by atoms with Crippen LogP contribution in [0.2, 0.25) is 0 Å². The summed E-state index contributed by atoms with van der Waals surface area (Å²) in [5.74, 6) is -0.762. The van der Waals surface area contributed by atoms with Crippen LogP contribution in [0.15, 0.2) is 0 Å². The lowest BCUT2D eigenvalue weighted by Crippen LogP contribution is -2.45. The molecule has 0 saturated heterocycles. The van der Waals surface area contributed by atoms with Crippen LogP contribution in [-0.2, 0) is 4.79 Å². The fourth-order valence-corrected chi connectivity index (χ4v) is 1.37. The topological polar surface area (TPSA) is 40.5 Å². The molecule has 0 spiro atoms. The summed E-state index contributed by atoms with van der Waals surface area (Å²) in [4.78, 5) is 12.5. The normalized spacial score (nSPS) is 13.8. The molecular formula is C8H18ClNO2. The molecule has 3 nitrogen and oxygen atoms in total. The summed E-state index contributed by atoms with van der Waals surface area (Å²) in [6, 6.07) is -0.414. The van der Waals surface area contributed by atoms with E-state index in [2.05, 4.69) is 0 Å². The molecule has 0 heterocycles. The van der Waals surface area contributed by atoms with Crippen molar-refractivity contribution in [3.63, 3.8) is 0 Å². The molecular weight excluding hydrogens is 178 g/mol. The van der Waals surface area contributed by atoms with Crippen molar-refractivity contribution in [1.29, 1.82) is 0 Å². The van der Waals surface area contributed by atoms with Gasteiger partial charge in [0.1, 0.15) is 6.04 Å². The van der Waals surface area contributed by atoms with Gasteiger partial charge in [0.05, 0.1) is 0 Å². The molecule has 1 N–H and O–H groups in total. The highest BCUT2D eigenvalue weighted by atomic mass is 35.5. The first-order chi connectivity index (χ1) is 4.76. The van der Waals surface area contributed by atoms with Gasteiger partial charge in [-0.25, -0.2) is 0 Å². The Balaban J connectivity index is 0. The van der Waals surface area contributed by atoms with Gasteiger partial charge in [-0.3, -0.25) is 9.69 Å². The number of rotatable bonds is 2. The molecule has 74 valence electrons. The number of nitrogens with zero attached hydrogens (tertiary/aromatic N) is 1. The standard InChI is InChI=1S/C8H17NO2.ClH/c1-8(2,3)6(7(10)11)9(4)5;/h6H,1-5H3,(H,10,11);1H/t6-;/m1./s1. The summed E-state index contributed by atoms with van der Waals surface area (Å²) in [6.45, 7) is 5.77. The van der Waals surface area contributed by atoms with E-state index in [1.54, 1.807) is 19.0 Å². The van der Waals surface area contributed by atoms with E-state index in [0.29, 0.717) is 0 Å². The molecule has 1 atom stereocenters. The maximum Gasteiger partial charge on any atom is 0.321 e. The van der Waals surface area contributed by atoms with Crippen LogP contribution in [0.25, 0.3) is 0 Å². The number of carbonyl (C=O) groups is 1. The van der Waals surface area contributed by atoms with Crippen molar-refractivity contribution in [2.45, 2.75) is 26.8 Å². The fourth-order valence-electron chi connectivity index (χ4n) is 1.37. The third kappa shape index (κ3) is 3.93. The van der Waals surface area contributed by atoms with Crippen LogP contribution < -0.4 is 0 Å². The molecule has 0 saturated carbocycles. The van der Waals surface area contributed by atoms with Gasteiger partial charge in [-0.1, -0.05) is 20.8 Å². The zero-order valence-electron chi connectivity index (χ0n) is 8.29. The van der Waals surface area contributed by atoms with E-state index in [0.717, 1.165) is 0 Å². The Morgan fingerprint density at radius 1 is 1.33 bits per heavy atom. The Hall–Kier alpha value is -0.280. The second-order valence-electron chi connectivity index (χ2n) is 4.07. The van der Waals surface area contributed by atoms with Crippen molar-refractivity contribution in [3.8, 4) is 0 Å². The van der Waals surface area contributed by atoms with Gasteiger partial charge in [-0.2, -0.15) is 0 Å².